The zero-order valence-electron chi connectivity index (χ0n) is 29.8. The molecule has 2 aliphatic heterocycles. The molecule has 11 nitrogen and oxygen atoms in total. The molecule has 0 unspecified atom stereocenters. The molecule has 0 spiro atoms. The molecule has 0 saturated carbocycles. The fourth-order valence-electron chi connectivity index (χ4n) is 7.58. The summed E-state index contributed by atoms with van der Waals surface area (Å²) in [7, 11) is 0. The highest BCUT2D eigenvalue weighted by Gasteiger charge is 2.39. The zero-order chi connectivity index (χ0) is 36.9. The maximum absolute atomic E-state index is 12.9. The molecule has 4 aromatic carbocycles. The van der Waals surface area contributed by atoms with Crippen LogP contribution in [0.5, 0.6) is 0 Å². The van der Waals surface area contributed by atoms with Crippen LogP contribution in [-0.2, 0) is 32.2 Å². The minimum atomic E-state index is -0.996. The highest BCUT2D eigenvalue weighted by Crippen LogP contribution is 2.42. The number of hydrogen-bond acceptors (Lipinski definition) is 7. The van der Waals surface area contributed by atoms with Gasteiger partial charge in [-0.1, -0.05) is 85.8 Å². The number of rotatable bonds is 12. The normalized spacial score (nSPS) is 21.1. The summed E-state index contributed by atoms with van der Waals surface area (Å²) in [4.78, 5) is 41.2. The van der Waals surface area contributed by atoms with Crippen molar-refractivity contribution in [2.24, 2.45) is 5.92 Å². The van der Waals surface area contributed by atoms with Crippen LogP contribution >= 0.6 is 0 Å². The summed E-state index contributed by atoms with van der Waals surface area (Å²) in [5.41, 5.74) is 7.46. The first kappa shape index (κ1) is 36.3. The Morgan fingerprint density at radius 3 is 2.32 bits per heavy atom. The molecule has 0 bridgehead atoms. The number of aromatic amines is 1. The van der Waals surface area contributed by atoms with Crippen LogP contribution in [0.25, 0.3) is 22.2 Å². The van der Waals surface area contributed by atoms with Crippen LogP contribution < -0.4 is 11.0 Å². The zero-order valence-corrected chi connectivity index (χ0v) is 29.8. The van der Waals surface area contributed by atoms with Crippen molar-refractivity contribution in [3.8, 4) is 11.1 Å². The van der Waals surface area contributed by atoms with Gasteiger partial charge in [-0.2, -0.15) is 0 Å². The van der Waals surface area contributed by atoms with E-state index < -0.39 is 12.3 Å². The first-order chi connectivity index (χ1) is 25.7. The van der Waals surface area contributed by atoms with Crippen LogP contribution in [0, 0.1) is 5.92 Å². The number of carbonyl (C=O) groups excluding carboxylic acids is 1. The van der Waals surface area contributed by atoms with E-state index in [0.29, 0.717) is 6.54 Å². The van der Waals surface area contributed by atoms with Gasteiger partial charge in [0.1, 0.15) is 0 Å². The molecule has 276 valence electrons. The van der Waals surface area contributed by atoms with E-state index in [1.54, 1.807) is 0 Å². The number of H-pyrrole nitrogens is 1. The number of carboxylic acids is 1. The lowest BCUT2D eigenvalue weighted by atomic mass is 9.89. The van der Waals surface area contributed by atoms with E-state index in [-0.39, 0.29) is 55.2 Å². The molecule has 3 heterocycles. The number of likely N-dealkylation sites (tertiary alicyclic amines) is 1. The largest absolute Gasteiger partial charge is 0.481 e. The van der Waals surface area contributed by atoms with Crippen molar-refractivity contribution < 1.29 is 29.3 Å². The summed E-state index contributed by atoms with van der Waals surface area (Å²) in [6.45, 7) is 4.91. The van der Waals surface area contributed by atoms with Crippen LogP contribution in [0.2, 0.25) is 0 Å². The van der Waals surface area contributed by atoms with E-state index in [2.05, 4.69) is 22.1 Å². The lowest BCUT2D eigenvalue weighted by molar-refractivity contribution is -0.276. The van der Waals surface area contributed by atoms with Crippen molar-refractivity contribution in [1.82, 2.24) is 19.8 Å². The number of hydrogen-bond donors (Lipinski definition) is 4. The van der Waals surface area contributed by atoms with Crippen LogP contribution in [0.1, 0.15) is 73.3 Å². The molecule has 0 aliphatic carbocycles. The second-order valence-electron chi connectivity index (χ2n) is 14.2. The lowest BCUT2D eigenvalue weighted by Crippen LogP contribution is -2.47. The average Bonchev–Trinajstić information content (AvgIpc) is 3.53. The number of carbonyl (C=O) groups is 2. The molecule has 53 heavy (non-hydrogen) atoms. The van der Waals surface area contributed by atoms with Crippen molar-refractivity contribution in [3.63, 3.8) is 0 Å². The number of aliphatic hydroxyl groups is 1. The van der Waals surface area contributed by atoms with E-state index in [1.807, 2.05) is 102 Å². The van der Waals surface area contributed by atoms with E-state index in [9.17, 15) is 19.5 Å². The van der Waals surface area contributed by atoms with Crippen LogP contribution in [-0.4, -0.2) is 62.3 Å². The molecule has 2 saturated heterocycles. The second kappa shape index (κ2) is 16.3. The molecule has 0 radical (unpaired) electrons. The van der Waals surface area contributed by atoms with Gasteiger partial charge in [-0.15, -0.1) is 0 Å². The van der Waals surface area contributed by atoms with Crippen LogP contribution in [0.3, 0.4) is 0 Å². The predicted octanol–water partition coefficient (Wildman–Crippen LogP) is 6.10. The number of piperidine rings is 1. The number of aliphatic carboxylic acids is 1. The van der Waals surface area contributed by atoms with Gasteiger partial charge in [0, 0.05) is 50.1 Å². The molecule has 1 aromatic heterocycles. The number of aromatic nitrogens is 2. The Balaban J connectivity index is 1.05. The molecular weight excluding hydrogens is 672 g/mol. The predicted molar refractivity (Wildman–Crippen MR) is 201 cm³/mol. The van der Waals surface area contributed by atoms with Gasteiger partial charge in [-0.3, -0.25) is 14.2 Å². The van der Waals surface area contributed by atoms with Gasteiger partial charge >= 0.3 is 11.7 Å². The fourth-order valence-corrected chi connectivity index (χ4v) is 7.58. The van der Waals surface area contributed by atoms with Crippen LogP contribution in [0.4, 0.5) is 0 Å². The smallest absolute Gasteiger partial charge is 0.326 e. The number of fused-ring (bicyclic) bond motifs is 1. The molecule has 4 N–H and O–H groups in total. The number of imidazole rings is 1. The average molecular weight is 719 g/mol. The number of amides is 1. The maximum Gasteiger partial charge on any atom is 0.326 e. The fraction of sp³-hybridized carbons (Fsp3) is 0.357. The highest BCUT2D eigenvalue weighted by atomic mass is 16.7. The Bertz CT molecular complexity index is 2080. The summed E-state index contributed by atoms with van der Waals surface area (Å²) in [5, 5.41) is 21.3. The standard InChI is InChI=1S/C42H46N4O7/c1-27-37(25-45-21-19-34(20-22-45)46-36-8-3-2-7-35(36)44-42(46)51)52-41(53-40(27)31-11-9-28(26-47)10-12-31)32-15-13-30(14-16-32)33-6-4-5-29(23-33)24-43-38(48)17-18-39(49)50/h2-16,23,27,34,37,40-41,47H,17-22,24-26H2,1H3,(H,43,48)(H,44,51)(H,49,50)/t27-,37+,40+,41+/m1/s1. The minimum absolute atomic E-state index is 0.0208. The Morgan fingerprint density at radius 1 is 0.849 bits per heavy atom. The lowest BCUT2D eigenvalue weighted by Gasteiger charge is -2.44. The van der Waals surface area contributed by atoms with E-state index >= 15 is 0 Å². The number of para-hydroxylation sites is 2. The summed E-state index contributed by atoms with van der Waals surface area (Å²) in [6.07, 6.45) is 0.549. The van der Waals surface area contributed by atoms with Crippen molar-refractivity contribution in [2.45, 2.75) is 70.3 Å². The van der Waals surface area contributed by atoms with Crippen molar-refractivity contribution in [1.29, 1.82) is 0 Å². The van der Waals surface area contributed by atoms with Gasteiger partial charge in [0.25, 0.3) is 0 Å². The van der Waals surface area contributed by atoms with Gasteiger partial charge in [-0.05, 0) is 58.9 Å². The molecule has 5 aromatic rings. The summed E-state index contributed by atoms with van der Waals surface area (Å²) < 4.78 is 15.4. The van der Waals surface area contributed by atoms with Gasteiger partial charge in [0.05, 0.1) is 36.3 Å². The number of aliphatic hydroxyl groups excluding tert-OH is 1. The molecule has 11 heteroatoms. The molecule has 2 fully saturated rings. The Hall–Kier alpha value is -5.07. The van der Waals surface area contributed by atoms with E-state index in [4.69, 9.17) is 14.6 Å². The molecular formula is C42H46N4O7. The summed E-state index contributed by atoms with van der Waals surface area (Å²) >= 11 is 0. The quantitative estimate of drug-likeness (QED) is 0.121. The monoisotopic (exact) mass is 718 g/mol. The van der Waals surface area contributed by atoms with E-state index in [0.717, 1.165) is 76.9 Å². The third kappa shape index (κ3) is 8.44. The van der Waals surface area contributed by atoms with Crippen molar-refractivity contribution >= 4 is 22.9 Å². The van der Waals surface area contributed by atoms with Crippen molar-refractivity contribution in [2.75, 3.05) is 19.6 Å². The second-order valence-corrected chi connectivity index (χ2v) is 14.2. The Labute approximate surface area is 308 Å². The van der Waals surface area contributed by atoms with Crippen molar-refractivity contribution in [3.05, 3.63) is 130 Å². The van der Waals surface area contributed by atoms with Crippen LogP contribution in [0.15, 0.2) is 102 Å². The molecule has 4 atom stereocenters. The third-order valence-corrected chi connectivity index (χ3v) is 10.6. The first-order valence-electron chi connectivity index (χ1n) is 18.4. The number of nitrogens with zero attached hydrogens (tertiary/aromatic N) is 2. The number of carboxylic acid groups (broad SMARTS) is 1. The summed E-state index contributed by atoms with van der Waals surface area (Å²) in [5.74, 6) is -1.24. The first-order valence-corrected chi connectivity index (χ1v) is 18.4. The molecule has 2 aliphatic rings. The Morgan fingerprint density at radius 2 is 1.58 bits per heavy atom. The molecule has 1 amide bonds. The SMILES string of the molecule is C[C@@H]1[C@H](CN2CCC(n3c(=O)[nH]c4ccccc43)CC2)O[C@H](c2ccc(-c3cccc(CNC(=O)CCC(=O)O)c3)cc2)O[C@@H]1c1ccc(CO)cc1. The highest BCUT2D eigenvalue weighted by molar-refractivity contribution is 5.80. The Kier molecular flexibility index (Phi) is 11.2. The number of nitrogens with one attached hydrogen (secondary N) is 2. The van der Waals surface area contributed by atoms with Gasteiger partial charge in [0.2, 0.25) is 5.91 Å². The third-order valence-electron chi connectivity index (χ3n) is 10.6. The van der Waals surface area contributed by atoms with Gasteiger partial charge in [0.15, 0.2) is 6.29 Å². The number of ether oxygens (including phenoxy) is 2. The molecule has 7 rings (SSSR count). The van der Waals surface area contributed by atoms with Gasteiger partial charge in [-0.25, -0.2) is 4.79 Å². The van der Waals surface area contributed by atoms with E-state index in [1.165, 1.54) is 0 Å². The minimum Gasteiger partial charge on any atom is -0.481 e. The number of benzene rings is 4. The topological polar surface area (TPSA) is 146 Å². The summed E-state index contributed by atoms with van der Waals surface area (Å²) in [6, 6.07) is 32.0. The maximum atomic E-state index is 12.9. The van der Waals surface area contributed by atoms with Gasteiger partial charge < -0.3 is 34.9 Å².